The molecule has 1 saturated heterocycles. The van der Waals surface area contributed by atoms with Crippen LogP contribution in [0.4, 0.5) is 0 Å². The normalized spacial score (nSPS) is 23.5. The number of hydrogen-bond donors (Lipinski definition) is 1. The molecule has 1 heterocycles. The molecule has 104 valence electrons. The molecule has 1 aliphatic heterocycles. The number of nitrogens with zero attached hydrogens (tertiary/aromatic N) is 1. The fourth-order valence-corrected chi connectivity index (χ4v) is 2.80. The zero-order chi connectivity index (χ0) is 14.2. The van der Waals surface area contributed by atoms with Crippen LogP contribution in [0.2, 0.25) is 0 Å². The lowest BCUT2D eigenvalue weighted by Crippen LogP contribution is -2.35. The van der Waals surface area contributed by atoms with Gasteiger partial charge in [0, 0.05) is 19.0 Å². The van der Waals surface area contributed by atoms with E-state index in [-0.39, 0.29) is 18.0 Å². The highest BCUT2D eigenvalue weighted by atomic mass is 16.2. The Morgan fingerprint density at radius 1 is 1.32 bits per heavy atom. The van der Waals surface area contributed by atoms with Crippen LogP contribution < -0.4 is 5.73 Å². The average Bonchev–Trinajstić information content (AvgIpc) is 2.57. The molecule has 3 nitrogen and oxygen atoms in total. The maximum atomic E-state index is 12.1. The lowest BCUT2D eigenvalue weighted by Gasteiger charge is -2.29. The van der Waals surface area contributed by atoms with Crippen molar-refractivity contribution in [1.29, 1.82) is 0 Å². The molecule has 0 saturated carbocycles. The number of likely N-dealkylation sites (tertiary alicyclic amines) is 1. The van der Waals surface area contributed by atoms with Crippen molar-refractivity contribution < 1.29 is 4.79 Å². The van der Waals surface area contributed by atoms with Gasteiger partial charge in [-0.3, -0.25) is 4.79 Å². The number of nitrogens with two attached hydrogens (primary N) is 1. The van der Waals surface area contributed by atoms with Gasteiger partial charge in [0.15, 0.2) is 0 Å². The highest BCUT2D eigenvalue weighted by Gasteiger charge is 2.38. The van der Waals surface area contributed by atoms with E-state index in [1.165, 1.54) is 16.7 Å². The first-order valence-corrected chi connectivity index (χ1v) is 7.02. The molecule has 2 rings (SSSR count). The fraction of sp³-hybridized carbons (Fsp3) is 0.562. The molecule has 0 aromatic heterocycles. The van der Waals surface area contributed by atoms with Gasteiger partial charge in [-0.05, 0) is 36.5 Å². The predicted octanol–water partition coefficient (Wildman–Crippen LogP) is 2.56. The Morgan fingerprint density at radius 2 is 2.00 bits per heavy atom. The number of hydrogen-bond acceptors (Lipinski definition) is 2. The second-order valence-electron chi connectivity index (χ2n) is 6.10. The summed E-state index contributed by atoms with van der Waals surface area (Å²) < 4.78 is 0. The molecule has 1 aromatic carbocycles. The van der Waals surface area contributed by atoms with Gasteiger partial charge in [-0.15, -0.1) is 0 Å². The molecule has 0 spiro atoms. The van der Waals surface area contributed by atoms with Crippen LogP contribution in [0.3, 0.4) is 0 Å². The summed E-state index contributed by atoms with van der Waals surface area (Å²) in [7, 11) is 0. The van der Waals surface area contributed by atoms with Crippen LogP contribution in [0.15, 0.2) is 18.2 Å². The van der Waals surface area contributed by atoms with E-state index >= 15 is 0 Å². The second-order valence-corrected chi connectivity index (χ2v) is 6.10. The first kappa shape index (κ1) is 14.1. The summed E-state index contributed by atoms with van der Waals surface area (Å²) in [5.74, 6) is 0.646. The minimum atomic E-state index is -0.0895. The third-order valence-corrected chi connectivity index (χ3v) is 3.91. The van der Waals surface area contributed by atoms with E-state index in [4.69, 9.17) is 5.73 Å². The maximum absolute atomic E-state index is 12.1. The van der Waals surface area contributed by atoms with Crippen LogP contribution in [-0.2, 0) is 4.79 Å². The molecule has 3 heteroatoms. The first-order chi connectivity index (χ1) is 8.90. The minimum absolute atomic E-state index is 0.0363. The van der Waals surface area contributed by atoms with Crippen LogP contribution in [0, 0.1) is 19.8 Å². The Hall–Kier alpha value is -1.35. The molecule has 19 heavy (non-hydrogen) atoms. The van der Waals surface area contributed by atoms with E-state index in [1.54, 1.807) is 0 Å². The van der Waals surface area contributed by atoms with Gasteiger partial charge in [0.2, 0.25) is 5.91 Å². The van der Waals surface area contributed by atoms with Crippen LogP contribution in [-0.4, -0.2) is 23.4 Å². The van der Waals surface area contributed by atoms with Crippen molar-refractivity contribution in [2.45, 2.75) is 46.2 Å². The Kier molecular flexibility index (Phi) is 3.95. The Balaban J connectivity index is 2.33. The summed E-state index contributed by atoms with van der Waals surface area (Å²) in [5, 5.41) is 0. The van der Waals surface area contributed by atoms with Crippen molar-refractivity contribution in [3.8, 4) is 0 Å². The summed E-state index contributed by atoms with van der Waals surface area (Å²) in [6.07, 6.45) is 0.463. The fourth-order valence-electron chi connectivity index (χ4n) is 2.80. The van der Waals surface area contributed by atoms with Crippen LogP contribution >= 0.6 is 0 Å². The van der Waals surface area contributed by atoms with E-state index < -0.39 is 0 Å². The first-order valence-electron chi connectivity index (χ1n) is 7.02. The Bertz CT molecular complexity index is 482. The smallest absolute Gasteiger partial charge is 0.224 e. The molecule has 0 radical (unpaired) electrons. The lowest BCUT2D eigenvalue weighted by molar-refractivity contribution is -0.129. The van der Waals surface area contributed by atoms with Crippen molar-refractivity contribution >= 4 is 5.91 Å². The van der Waals surface area contributed by atoms with Gasteiger partial charge < -0.3 is 10.6 Å². The SMILES string of the molecule is Cc1ccc(C2C(N)CC(=O)N2CC(C)C)cc1C. The molecule has 1 aliphatic rings. The third-order valence-electron chi connectivity index (χ3n) is 3.91. The van der Waals surface area contributed by atoms with Gasteiger partial charge in [-0.25, -0.2) is 0 Å². The number of carbonyl (C=O) groups is 1. The van der Waals surface area contributed by atoms with Gasteiger partial charge in [-0.1, -0.05) is 32.0 Å². The van der Waals surface area contributed by atoms with Crippen molar-refractivity contribution in [3.05, 3.63) is 34.9 Å². The van der Waals surface area contributed by atoms with Crippen LogP contribution in [0.5, 0.6) is 0 Å². The van der Waals surface area contributed by atoms with Crippen LogP contribution in [0.25, 0.3) is 0 Å². The van der Waals surface area contributed by atoms with Crippen LogP contribution in [0.1, 0.15) is 43.0 Å². The summed E-state index contributed by atoms with van der Waals surface area (Å²) in [4.78, 5) is 14.1. The molecule has 2 atom stereocenters. The number of amides is 1. The highest BCUT2D eigenvalue weighted by molar-refractivity contribution is 5.80. The molecule has 2 unspecified atom stereocenters. The van der Waals surface area contributed by atoms with Gasteiger partial charge in [-0.2, -0.15) is 0 Å². The topological polar surface area (TPSA) is 46.3 Å². The second kappa shape index (κ2) is 5.33. The van der Waals surface area contributed by atoms with Crippen molar-refractivity contribution in [1.82, 2.24) is 4.90 Å². The summed E-state index contributed by atoms with van der Waals surface area (Å²) in [6, 6.07) is 6.35. The minimum Gasteiger partial charge on any atom is -0.334 e. The molecule has 2 N–H and O–H groups in total. The van der Waals surface area contributed by atoms with E-state index in [0.717, 1.165) is 6.54 Å². The predicted molar refractivity (Wildman–Crippen MR) is 77.8 cm³/mol. The largest absolute Gasteiger partial charge is 0.334 e. The van der Waals surface area contributed by atoms with E-state index in [0.29, 0.717) is 12.3 Å². The highest BCUT2D eigenvalue weighted by Crippen LogP contribution is 2.33. The van der Waals surface area contributed by atoms with Gasteiger partial charge in [0.05, 0.1) is 6.04 Å². The van der Waals surface area contributed by atoms with Gasteiger partial charge >= 0.3 is 0 Å². The standard InChI is InChI=1S/C16H24N2O/c1-10(2)9-18-15(19)8-14(17)16(18)13-6-5-11(3)12(4)7-13/h5-7,10,14,16H,8-9,17H2,1-4H3. The number of aryl methyl sites for hydroxylation is 2. The van der Waals surface area contributed by atoms with Crippen molar-refractivity contribution in [2.75, 3.05) is 6.54 Å². The summed E-state index contributed by atoms with van der Waals surface area (Å²) >= 11 is 0. The zero-order valence-electron chi connectivity index (χ0n) is 12.3. The Morgan fingerprint density at radius 3 is 2.58 bits per heavy atom. The number of benzene rings is 1. The zero-order valence-corrected chi connectivity index (χ0v) is 12.3. The molecular weight excluding hydrogens is 236 g/mol. The lowest BCUT2D eigenvalue weighted by atomic mass is 9.96. The number of carbonyl (C=O) groups excluding carboxylic acids is 1. The summed E-state index contributed by atoms with van der Waals surface area (Å²) in [6.45, 7) is 9.26. The molecule has 1 aromatic rings. The molecule has 1 fully saturated rings. The number of rotatable bonds is 3. The van der Waals surface area contributed by atoms with Gasteiger partial charge in [0.1, 0.15) is 0 Å². The Labute approximate surface area is 115 Å². The third kappa shape index (κ3) is 2.81. The van der Waals surface area contributed by atoms with E-state index in [1.807, 2.05) is 4.90 Å². The van der Waals surface area contributed by atoms with Gasteiger partial charge in [0.25, 0.3) is 0 Å². The summed E-state index contributed by atoms with van der Waals surface area (Å²) in [5.41, 5.74) is 9.89. The quantitative estimate of drug-likeness (QED) is 0.908. The van der Waals surface area contributed by atoms with E-state index in [2.05, 4.69) is 45.9 Å². The monoisotopic (exact) mass is 260 g/mol. The molecular formula is C16H24N2O. The molecule has 0 aliphatic carbocycles. The van der Waals surface area contributed by atoms with E-state index in [9.17, 15) is 4.79 Å². The average molecular weight is 260 g/mol. The van der Waals surface area contributed by atoms with Crippen molar-refractivity contribution in [2.24, 2.45) is 11.7 Å². The maximum Gasteiger partial charge on any atom is 0.224 e. The molecule has 1 amide bonds. The molecule has 0 bridgehead atoms. The van der Waals surface area contributed by atoms with Crippen molar-refractivity contribution in [3.63, 3.8) is 0 Å².